The van der Waals surface area contributed by atoms with Crippen molar-refractivity contribution >= 4 is 34.4 Å². The van der Waals surface area contributed by atoms with Gasteiger partial charge in [-0.1, -0.05) is 0 Å². The molecule has 1 aromatic rings. The van der Waals surface area contributed by atoms with Crippen molar-refractivity contribution in [2.24, 2.45) is 0 Å². The Kier molecular flexibility index (Phi) is 5.22. The normalized spacial score (nSPS) is 13.8. The summed E-state index contributed by atoms with van der Waals surface area (Å²) in [6.07, 6.45) is 3.20. The lowest BCUT2D eigenvalue weighted by atomic mass is 10.2. The molecule has 2 rings (SSSR count). The number of phenols is 1. The van der Waals surface area contributed by atoms with Crippen LogP contribution in [0.4, 0.5) is 0 Å². The van der Waals surface area contributed by atoms with Gasteiger partial charge in [0.2, 0.25) is 5.91 Å². The summed E-state index contributed by atoms with van der Waals surface area (Å²) in [4.78, 5) is 23.2. The maximum atomic E-state index is 11.8. The van der Waals surface area contributed by atoms with Gasteiger partial charge >= 0.3 is 0 Å². The monoisotopic (exact) mass is 388 g/mol. The SMILES string of the molecule is O=C(CCCNC(=O)c1ccc(I)c(O)c1)NC1CC1. The number of carbonyl (C=O) groups excluding carboxylic acids is 2. The summed E-state index contributed by atoms with van der Waals surface area (Å²) >= 11 is 1.99. The second-order valence-electron chi connectivity index (χ2n) is 4.87. The first-order valence-corrected chi connectivity index (χ1v) is 7.70. The van der Waals surface area contributed by atoms with Crippen molar-refractivity contribution in [1.29, 1.82) is 0 Å². The number of phenolic OH excluding ortho intramolecular Hbond substituents is 1. The van der Waals surface area contributed by atoms with Crippen molar-refractivity contribution in [3.8, 4) is 5.75 Å². The standard InChI is InChI=1S/C14H17IN2O3/c15-11-6-3-9(8-12(11)18)14(20)16-7-1-2-13(19)17-10-4-5-10/h3,6,8,10,18H,1-2,4-5,7H2,(H,16,20)(H,17,19). The highest BCUT2D eigenvalue weighted by molar-refractivity contribution is 14.1. The van der Waals surface area contributed by atoms with Crippen LogP contribution in [0.1, 0.15) is 36.0 Å². The Morgan fingerprint density at radius 2 is 2.10 bits per heavy atom. The zero-order valence-electron chi connectivity index (χ0n) is 11.0. The largest absolute Gasteiger partial charge is 0.507 e. The number of aromatic hydroxyl groups is 1. The van der Waals surface area contributed by atoms with Gasteiger partial charge in [0, 0.05) is 24.6 Å². The van der Waals surface area contributed by atoms with Crippen LogP contribution < -0.4 is 10.6 Å². The molecular weight excluding hydrogens is 371 g/mol. The number of halogens is 1. The summed E-state index contributed by atoms with van der Waals surface area (Å²) < 4.78 is 0.705. The summed E-state index contributed by atoms with van der Waals surface area (Å²) in [5.74, 6) is -0.0879. The number of hydrogen-bond donors (Lipinski definition) is 3. The van der Waals surface area contributed by atoms with Crippen LogP contribution >= 0.6 is 22.6 Å². The van der Waals surface area contributed by atoms with Gasteiger partial charge in [-0.05, 0) is 60.1 Å². The molecule has 0 radical (unpaired) electrons. The van der Waals surface area contributed by atoms with Gasteiger partial charge in [-0.3, -0.25) is 9.59 Å². The third-order valence-corrected chi connectivity index (χ3v) is 3.93. The Balaban J connectivity index is 1.68. The number of amides is 2. The van der Waals surface area contributed by atoms with E-state index < -0.39 is 0 Å². The molecule has 6 heteroatoms. The maximum absolute atomic E-state index is 11.8. The molecule has 0 bridgehead atoms. The lowest BCUT2D eigenvalue weighted by Gasteiger charge is -2.06. The second kappa shape index (κ2) is 6.92. The smallest absolute Gasteiger partial charge is 0.251 e. The molecule has 1 saturated carbocycles. The molecule has 0 unspecified atom stereocenters. The van der Waals surface area contributed by atoms with E-state index in [9.17, 15) is 14.7 Å². The van der Waals surface area contributed by atoms with Crippen LogP contribution in [0, 0.1) is 3.57 Å². The minimum atomic E-state index is -0.237. The molecule has 20 heavy (non-hydrogen) atoms. The average molecular weight is 388 g/mol. The highest BCUT2D eigenvalue weighted by Gasteiger charge is 2.22. The van der Waals surface area contributed by atoms with Crippen molar-refractivity contribution in [1.82, 2.24) is 10.6 Å². The van der Waals surface area contributed by atoms with Crippen molar-refractivity contribution in [3.05, 3.63) is 27.3 Å². The van der Waals surface area contributed by atoms with Crippen molar-refractivity contribution in [3.63, 3.8) is 0 Å². The van der Waals surface area contributed by atoms with Crippen LogP contribution in [0.3, 0.4) is 0 Å². The van der Waals surface area contributed by atoms with E-state index in [-0.39, 0.29) is 17.6 Å². The third-order valence-electron chi connectivity index (χ3n) is 3.02. The summed E-state index contributed by atoms with van der Waals surface area (Å²) in [6, 6.07) is 5.17. The van der Waals surface area contributed by atoms with Crippen molar-refractivity contribution in [2.75, 3.05) is 6.54 Å². The number of benzene rings is 1. The van der Waals surface area contributed by atoms with E-state index in [1.807, 2.05) is 22.6 Å². The molecule has 0 atom stereocenters. The van der Waals surface area contributed by atoms with Gasteiger partial charge in [0.15, 0.2) is 0 Å². The first kappa shape index (κ1) is 15.1. The average Bonchev–Trinajstić information content (AvgIpc) is 3.21. The maximum Gasteiger partial charge on any atom is 0.251 e. The van der Waals surface area contributed by atoms with Gasteiger partial charge < -0.3 is 15.7 Å². The molecule has 0 aromatic heterocycles. The van der Waals surface area contributed by atoms with Gasteiger partial charge in [-0.15, -0.1) is 0 Å². The van der Waals surface area contributed by atoms with E-state index in [0.717, 1.165) is 12.8 Å². The molecule has 1 aliphatic rings. The highest BCUT2D eigenvalue weighted by Crippen LogP contribution is 2.20. The molecule has 0 aliphatic heterocycles. The minimum Gasteiger partial charge on any atom is -0.507 e. The first-order valence-electron chi connectivity index (χ1n) is 6.62. The molecule has 108 valence electrons. The number of hydrogen-bond acceptors (Lipinski definition) is 3. The number of carbonyl (C=O) groups is 2. The Morgan fingerprint density at radius 1 is 1.35 bits per heavy atom. The topological polar surface area (TPSA) is 78.4 Å². The Hall–Kier alpha value is -1.31. The zero-order chi connectivity index (χ0) is 14.5. The van der Waals surface area contributed by atoms with Gasteiger partial charge in [-0.2, -0.15) is 0 Å². The molecule has 1 fully saturated rings. The van der Waals surface area contributed by atoms with Crippen LogP contribution in [-0.4, -0.2) is 29.5 Å². The lowest BCUT2D eigenvalue weighted by molar-refractivity contribution is -0.121. The number of rotatable bonds is 6. The molecule has 1 aliphatic carbocycles. The molecule has 0 heterocycles. The van der Waals surface area contributed by atoms with Crippen LogP contribution in [0.25, 0.3) is 0 Å². The molecule has 2 amide bonds. The predicted octanol–water partition coefficient (Wildman–Crippen LogP) is 1.79. The van der Waals surface area contributed by atoms with Gasteiger partial charge in [0.25, 0.3) is 5.91 Å². The summed E-state index contributed by atoms with van der Waals surface area (Å²) in [6.45, 7) is 0.448. The summed E-state index contributed by atoms with van der Waals surface area (Å²) in [5.41, 5.74) is 0.422. The lowest BCUT2D eigenvalue weighted by Crippen LogP contribution is -2.28. The highest BCUT2D eigenvalue weighted by atomic mass is 127. The van der Waals surface area contributed by atoms with Crippen LogP contribution in [0.15, 0.2) is 18.2 Å². The fraction of sp³-hybridized carbons (Fsp3) is 0.429. The van der Waals surface area contributed by atoms with E-state index in [0.29, 0.717) is 34.6 Å². The van der Waals surface area contributed by atoms with Gasteiger partial charge in [-0.25, -0.2) is 0 Å². The first-order chi connectivity index (χ1) is 9.56. The molecule has 0 saturated heterocycles. The fourth-order valence-electron chi connectivity index (χ4n) is 1.73. The van der Waals surface area contributed by atoms with Crippen LogP contribution in [0.5, 0.6) is 5.75 Å². The van der Waals surface area contributed by atoms with E-state index in [1.165, 1.54) is 6.07 Å². The predicted molar refractivity (Wildman–Crippen MR) is 83.6 cm³/mol. The van der Waals surface area contributed by atoms with Crippen molar-refractivity contribution in [2.45, 2.75) is 31.7 Å². The quantitative estimate of drug-likeness (QED) is 0.514. The number of nitrogens with one attached hydrogen (secondary N) is 2. The zero-order valence-corrected chi connectivity index (χ0v) is 13.1. The van der Waals surface area contributed by atoms with E-state index >= 15 is 0 Å². The van der Waals surface area contributed by atoms with Gasteiger partial charge in [0.1, 0.15) is 5.75 Å². The summed E-state index contributed by atoms with van der Waals surface area (Å²) in [5, 5.41) is 15.2. The Bertz CT molecular complexity index is 515. The van der Waals surface area contributed by atoms with E-state index in [2.05, 4.69) is 10.6 Å². The van der Waals surface area contributed by atoms with Gasteiger partial charge in [0.05, 0.1) is 3.57 Å². The van der Waals surface area contributed by atoms with Crippen LogP contribution in [0.2, 0.25) is 0 Å². The molecule has 3 N–H and O–H groups in total. The molecule has 0 spiro atoms. The molecule has 1 aromatic carbocycles. The van der Waals surface area contributed by atoms with Crippen molar-refractivity contribution < 1.29 is 14.7 Å². The molecular formula is C14H17IN2O3. The third kappa shape index (κ3) is 4.66. The Morgan fingerprint density at radius 3 is 2.75 bits per heavy atom. The summed E-state index contributed by atoms with van der Waals surface area (Å²) in [7, 11) is 0. The Labute approximate surface area is 131 Å². The van der Waals surface area contributed by atoms with Crippen LogP contribution in [-0.2, 0) is 4.79 Å². The minimum absolute atomic E-state index is 0.0497. The van der Waals surface area contributed by atoms with E-state index in [4.69, 9.17) is 0 Å². The second-order valence-corrected chi connectivity index (χ2v) is 6.03. The fourth-order valence-corrected chi connectivity index (χ4v) is 2.07. The van der Waals surface area contributed by atoms with E-state index in [1.54, 1.807) is 12.1 Å². The molecule has 5 nitrogen and oxygen atoms in total.